The number of nitrogens with zero attached hydrogens (tertiary/aromatic N) is 3. The van der Waals surface area contributed by atoms with E-state index in [1.807, 2.05) is 21.0 Å². The molecule has 120 valence electrons. The highest BCUT2D eigenvalue weighted by atomic mass is 16.4. The molecule has 1 heterocycles. The molecule has 0 aliphatic heterocycles. The second kappa shape index (κ2) is 7.45. The van der Waals surface area contributed by atoms with Crippen LogP contribution in [-0.2, 0) is 6.42 Å². The van der Waals surface area contributed by atoms with Gasteiger partial charge in [0, 0.05) is 13.0 Å². The van der Waals surface area contributed by atoms with Gasteiger partial charge in [0.2, 0.25) is 11.5 Å². The second-order valence-electron chi connectivity index (χ2n) is 5.76. The average Bonchev–Trinajstić information content (AvgIpc) is 2.92. The Labute approximate surface area is 130 Å². The highest BCUT2D eigenvalue weighted by Gasteiger charge is 2.34. The molecular formula is C16H23N3O3. The van der Waals surface area contributed by atoms with E-state index in [0.29, 0.717) is 24.6 Å². The molecule has 0 aromatic carbocycles. The molecule has 2 rings (SSSR count). The zero-order valence-electron chi connectivity index (χ0n) is 13.5. The van der Waals surface area contributed by atoms with Gasteiger partial charge in [0.15, 0.2) is 17.4 Å². The van der Waals surface area contributed by atoms with Crippen LogP contribution in [-0.4, -0.2) is 54.3 Å². The van der Waals surface area contributed by atoms with Crippen molar-refractivity contribution in [2.45, 2.75) is 39.0 Å². The number of carbonyl (C=O) groups is 2. The van der Waals surface area contributed by atoms with E-state index in [0.717, 1.165) is 25.8 Å². The van der Waals surface area contributed by atoms with Crippen LogP contribution in [0.4, 0.5) is 0 Å². The Balaban J connectivity index is 1.94. The molecule has 0 spiro atoms. The quantitative estimate of drug-likeness (QED) is 0.722. The molecule has 0 fully saturated rings. The van der Waals surface area contributed by atoms with Gasteiger partial charge in [-0.1, -0.05) is 13.3 Å². The van der Waals surface area contributed by atoms with Gasteiger partial charge < -0.3 is 9.32 Å². The fraction of sp³-hybridized carbons (Fsp3) is 0.625. The van der Waals surface area contributed by atoms with Gasteiger partial charge in [-0.05, 0) is 33.5 Å². The summed E-state index contributed by atoms with van der Waals surface area (Å²) in [5.74, 6) is 0.0376. The average molecular weight is 305 g/mol. The van der Waals surface area contributed by atoms with Crippen molar-refractivity contribution >= 4 is 17.3 Å². The molecule has 0 saturated carbocycles. The fourth-order valence-electron chi connectivity index (χ4n) is 2.36. The molecule has 0 atom stereocenters. The van der Waals surface area contributed by atoms with Crippen molar-refractivity contribution in [3.05, 3.63) is 17.3 Å². The van der Waals surface area contributed by atoms with E-state index in [4.69, 9.17) is 4.42 Å². The molecule has 0 unspecified atom stereocenters. The molecule has 1 aromatic rings. The van der Waals surface area contributed by atoms with Crippen LogP contribution in [0.3, 0.4) is 0 Å². The summed E-state index contributed by atoms with van der Waals surface area (Å²) in [6.45, 7) is 3.50. The highest BCUT2D eigenvalue weighted by Crippen LogP contribution is 2.21. The molecule has 22 heavy (non-hydrogen) atoms. The molecule has 6 heteroatoms. The summed E-state index contributed by atoms with van der Waals surface area (Å²) in [6.07, 6.45) is 3.69. The van der Waals surface area contributed by atoms with Crippen molar-refractivity contribution in [1.29, 1.82) is 0 Å². The second-order valence-corrected chi connectivity index (χ2v) is 5.76. The number of Topliss-reactive ketones (excluding diaryl/α,β-unsaturated/α-hetero) is 2. The first-order valence-corrected chi connectivity index (χ1v) is 7.78. The number of oxazole rings is 1. The topological polar surface area (TPSA) is 75.8 Å². The van der Waals surface area contributed by atoms with Crippen molar-refractivity contribution in [2.75, 3.05) is 27.2 Å². The third-order valence-corrected chi connectivity index (χ3v) is 3.60. The Hall–Kier alpha value is -1.82. The Kier molecular flexibility index (Phi) is 5.60. The van der Waals surface area contributed by atoms with E-state index in [-0.39, 0.29) is 29.4 Å². The predicted molar refractivity (Wildman–Crippen MR) is 83.9 cm³/mol. The lowest BCUT2D eigenvalue weighted by atomic mass is 9.97. The summed E-state index contributed by atoms with van der Waals surface area (Å²) in [5, 5.41) is 0. The summed E-state index contributed by atoms with van der Waals surface area (Å²) in [6, 6.07) is 0. The van der Waals surface area contributed by atoms with E-state index in [1.165, 1.54) is 0 Å². The largest absolute Gasteiger partial charge is 0.436 e. The van der Waals surface area contributed by atoms with E-state index in [1.54, 1.807) is 0 Å². The summed E-state index contributed by atoms with van der Waals surface area (Å²) in [5.41, 5.74) is 0.482. The number of aliphatic imine (C=N–C) groups is 1. The van der Waals surface area contributed by atoms with E-state index in [9.17, 15) is 9.59 Å². The van der Waals surface area contributed by atoms with E-state index >= 15 is 0 Å². The maximum Gasteiger partial charge on any atom is 0.244 e. The maximum atomic E-state index is 12.3. The van der Waals surface area contributed by atoms with Crippen LogP contribution in [0.2, 0.25) is 0 Å². The molecule has 0 saturated heterocycles. The zero-order chi connectivity index (χ0) is 16.1. The summed E-state index contributed by atoms with van der Waals surface area (Å²) >= 11 is 0. The molecule has 1 aromatic heterocycles. The third-order valence-electron chi connectivity index (χ3n) is 3.60. The van der Waals surface area contributed by atoms with Gasteiger partial charge in [-0.3, -0.25) is 14.6 Å². The normalized spacial score (nSPS) is 16.6. The Morgan fingerprint density at radius 3 is 2.68 bits per heavy atom. The smallest absolute Gasteiger partial charge is 0.244 e. The predicted octanol–water partition coefficient (Wildman–Crippen LogP) is 2.18. The number of ketones is 2. The molecule has 0 N–H and O–H groups in total. The summed E-state index contributed by atoms with van der Waals surface area (Å²) in [4.78, 5) is 34.8. The van der Waals surface area contributed by atoms with Gasteiger partial charge in [-0.15, -0.1) is 0 Å². The molecule has 0 radical (unpaired) electrons. The minimum Gasteiger partial charge on any atom is -0.436 e. The molecule has 0 bridgehead atoms. The number of unbranched alkanes of at least 4 members (excludes halogenated alkanes) is 2. The monoisotopic (exact) mass is 305 g/mol. The molecule has 0 amide bonds. The lowest BCUT2D eigenvalue weighted by Crippen LogP contribution is -2.26. The van der Waals surface area contributed by atoms with Gasteiger partial charge in [0.1, 0.15) is 0 Å². The SMILES string of the molecule is CCc1nc2c(o1)C(=O)C(=NCCCCCN(C)C)CC2=O. The number of hydrogen-bond donors (Lipinski definition) is 0. The lowest BCUT2D eigenvalue weighted by molar-refractivity contribution is 0.0949. The van der Waals surface area contributed by atoms with Crippen LogP contribution in [0.15, 0.2) is 9.41 Å². The van der Waals surface area contributed by atoms with Crippen LogP contribution in [0, 0.1) is 0 Å². The minimum atomic E-state index is -0.282. The van der Waals surface area contributed by atoms with Crippen molar-refractivity contribution in [3.8, 4) is 0 Å². The third kappa shape index (κ3) is 3.88. The number of fused-ring (bicyclic) bond motifs is 1. The first kappa shape index (κ1) is 16.5. The first-order valence-electron chi connectivity index (χ1n) is 7.78. The van der Waals surface area contributed by atoms with Gasteiger partial charge in [-0.2, -0.15) is 0 Å². The van der Waals surface area contributed by atoms with Gasteiger partial charge in [0.25, 0.3) is 0 Å². The number of rotatable bonds is 7. The zero-order valence-corrected chi connectivity index (χ0v) is 13.5. The minimum absolute atomic E-state index is 0.0409. The van der Waals surface area contributed by atoms with E-state index in [2.05, 4.69) is 14.9 Å². The number of carbonyl (C=O) groups excluding carboxylic acids is 2. The lowest BCUT2D eigenvalue weighted by Gasteiger charge is -2.10. The van der Waals surface area contributed by atoms with Crippen LogP contribution in [0.5, 0.6) is 0 Å². The van der Waals surface area contributed by atoms with Crippen molar-refractivity contribution in [1.82, 2.24) is 9.88 Å². The van der Waals surface area contributed by atoms with Crippen LogP contribution >= 0.6 is 0 Å². The number of aryl methyl sites for hydroxylation is 1. The van der Waals surface area contributed by atoms with Crippen molar-refractivity contribution < 1.29 is 14.0 Å². The molecule has 6 nitrogen and oxygen atoms in total. The van der Waals surface area contributed by atoms with Gasteiger partial charge in [0.05, 0.1) is 12.1 Å². The van der Waals surface area contributed by atoms with Crippen LogP contribution in [0.25, 0.3) is 0 Å². The number of aromatic nitrogens is 1. The standard InChI is InChI=1S/C16H23N3O3/c1-4-13-18-14-12(20)10-11(15(21)16(14)22-13)17-8-6-5-7-9-19(2)3/h4-10H2,1-3H3. The molecular weight excluding hydrogens is 282 g/mol. The van der Waals surface area contributed by atoms with Crippen molar-refractivity contribution in [3.63, 3.8) is 0 Å². The Morgan fingerprint density at radius 1 is 1.23 bits per heavy atom. The van der Waals surface area contributed by atoms with Crippen LogP contribution < -0.4 is 0 Å². The Morgan fingerprint density at radius 2 is 2.00 bits per heavy atom. The highest BCUT2D eigenvalue weighted by molar-refractivity contribution is 6.51. The molecule has 1 aliphatic carbocycles. The van der Waals surface area contributed by atoms with Gasteiger partial charge >= 0.3 is 0 Å². The Bertz CT molecular complexity index is 587. The summed E-state index contributed by atoms with van der Waals surface area (Å²) < 4.78 is 5.37. The van der Waals surface area contributed by atoms with Crippen molar-refractivity contribution in [2.24, 2.45) is 4.99 Å². The van der Waals surface area contributed by atoms with Gasteiger partial charge in [-0.25, -0.2) is 4.98 Å². The first-order chi connectivity index (χ1) is 10.5. The maximum absolute atomic E-state index is 12.3. The van der Waals surface area contributed by atoms with E-state index < -0.39 is 0 Å². The number of hydrogen-bond acceptors (Lipinski definition) is 6. The van der Waals surface area contributed by atoms with Crippen LogP contribution in [0.1, 0.15) is 59.5 Å². The molecule has 1 aliphatic rings. The summed E-state index contributed by atoms with van der Waals surface area (Å²) in [7, 11) is 4.10. The fourth-order valence-corrected chi connectivity index (χ4v) is 2.36.